The Labute approximate surface area is 196 Å². The minimum absolute atomic E-state index is 0.117. The Morgan fingerprint density at radius 1 is 0.848 bits per heavy atom. The molecule has 0 aliphatic rings. The zero-order chi connectivity index (χ0) is 23.4. The van der Waals surface area contributed by atoms with Gasteiger partial charge < -0.3 is 9.88 Å². The van der Waals surface area contributed by atoms with Crippen LogP contribution in [-0.4, -0.2) is 15.5 Å². The van der Waals surface area contributed by atoms with E-state index in [0.717, 1.165) is 28.2 Å². The van der Waals surface area contributed by atoms with Crippen molar-refractivity contribution in [2.24, 2.45) is 0 Å². The summed E-state index contributed by atoms with van der Waals surface area (Å²) in [6, 6.07) is 28.3. The smallest absolute Gasteiger partial charge is 0.270 e. The molecular weight excluding hydrogens is 406 g/mol. The molecule has 1 atom stereocenters. The molecule has 3 aromatic carbocycles. The maximum atomic E-state index is 13.7. The SMILES string of the molecule is CCn1c(-c2ccccc2)nc(-c2cccc(C(C)C)c2)c1C(=O)N[C@H](C)c1ccccc1. The van der Waals surface area contributed by atoms with Crippen LogP contribution in [0.3, 0.4) is 0 Å². The second-order valence-electron chi connectivity index (χ2n) is 8.63. The molecule has 1 aromatic heterocycles. The summed E-state index contributed by atoms with van der Waals surface area (Å²) in [5.41, 5.74) is 5.57. The van der Waals surface area contributed by atoms with Crippen LogP contribution in [0, 0.1) is 0 Å². The predicted octanol–water partition coefficient (Wildman–Crippen LogP) is 6.85. The van der Waals surface area contributed by atoms with E-state index < -0.39 is 0 Å². The van der Waals surface area contributed by atoms with Crippen LogP contribution < -0.4 is 5.32 Å². The lowest BCUT2D eigenvalue weighted by atomic mass is 9.99. The number of carbonyl (C=O) groups excluding carboxylic acids is 1. The Balaban J connectivity index is 1.84. The van der Waals surface area contributed by atoms with E-state index in [1.54, 1.807) is 0 Å². The number of amides is 1. The van der Waals surface area contributed by atoms with E-state index in [0.29, 0.717) is 18.2 Å². The topological polar surface area (TPSA) is 46.9 Å². The van der Waals surface area contributed by atoms with Gasteiger partial charge >= 0.3 is 0 Å². The molecule has 168 valence electrons. The molecular formula is C29H31N3O. The van der Waals surface area contributed by atoms with Crippen molar-refractivity contribution in [2.75, 3.05) is 0 Å². The van der Waals surface area contributed by atoms with Gasteiger partial charge in [-0.05, 0) is 37.0 Å². The van der Waals surface area contributed by atoms with Gasteiger partial charge in [0.25, 0.3) is 5.91 Å². The molecule has 4 nitrogen and oxygen atoms in total. The zero-order valence-electron chi connectivity index (χ0n) is 19.7. The molecule has 4 rings (SSSR count). The van der Waals surface area contributed by atoms with Crippen molar-refractivity contribution in [3.8, 4) is 22.6 Å². The van der Waals surface area contributed by atoms with Crippen molar-refractivity contribution in [1.82, 2.24) is 14.9 Å². The van der Waals surface area contributed by atoms with Gasteiger partial charge in [-0.1, -0.05) is 92.7 Å². The molecule has 0 saturated carbocycles. The van der Waals surface area contributed by atoms with Crippen molar-refractivity contribution < 1.29 is 4.79 Å². The molecule has 0 saturated heterocycles. The lowest BCUT2D eigenvalue weighted by molar-refractivity contribution is 0.0931. The quantitative estimate of drug-likeness (QED) is 0.344. The first kappa shape index (κ1) is 22.5. The monoisotopic (exact) mass is 437 g/mol. The molecule has 1 heterocycles. The first-order valence-electron chi connectivity index (χ1n) is 11.6. The van der Waals surface area contributed by atoms with Gasteiger partial charge in [-0.2, -0.15) is 0 Å². The second-order valence-corrected chi connectivity index (χ2v) is 8.63. The van der Waals surface area contributed by atoms with E-state index in [1.807, 2.05) is 84.3 Å². The molecule has 0 fully saturated rings. The number of imidazole rings is 1. The number of benzene rings is 3. The summed E-state index contributed by atoms with van der Waals surface area (Å²) >= 11 is 0. The van der Waals surface area contributed by atoms with Crippen LogP contribution in [0.25, 0.3) is 22.6 Å². The number of carbonyl (C=O) groups is 1. The Bertz CT molecular complexity index is 1230. The van der Waals surface area contributed by atoms with Crippen LogP contribution in [0.2, 0.25) is 0 Å². The summed E-state index contributed by atoms with van der Waals surface area (Å²) in [4.78, 5) is 18.7. The van der Waals surface area contributed by atoms with Crippen LogP contribution in [0.1, 0.15) is 61.3 Å². The van der Waals surface area contributed by atoms with Crippen LogP contribution >= 0.6 is 0 Å². The highest BCUT2D eigenvalue weighted by molar-refractivity contribution is 5.99. The van der Waals surface area contributed by atoms with Crippen molar-refractivity contribution >= 4 is 5.91 Å². The van der Waals surface area contributed by atoms with Gasteiger partial charge in [0.1, 0.15) is 17.2 Å². The van der Waals surface area contributed by atoms with Crippen LogP contribution in [0.4, 0.5) is 0 Å². The molecule has 1 amide bonds. The van der Waals surface area contributed by atoms with E-state index in [9.17, 15) is 4.79 Å². The van der Waals surface area contributed by atoms with Gasteiger partial charge in [0.2, 0.25) is 0 Å². The summed E-state index contributed by atoms with van der Waals surface area (Å²) in [6.07, 6.45) is 0. The third kappa shape index (κ3) is 4.75. The van der Waals surface area contributed by atoms with E-state index in [2.05, 4.69) is 38.2 Å². The summed E-state index contributed by atoms with van der Waals surface area (Å²) in [7, 11) is 0. The van der Waals surface area contributed by atoms with Gasteiger partial charge in [-0.15, -0.1) is 0 Å². The molecule has 1 N–H and O–H groups in total. The molecule has 0 spiro atoms. The molecule has 0 radical (unpaired) electrons. The Hall–Kier alpha value is -3.66. The van der Waals surface area contributed by atoms with Gasteiger partial charge in [-0.3, -0.25) is 4.79 Å². The van der Waals surface area contributed by atoms with Gasteiger partial charge in [0.15, 0.2) is 0 Å². The molecule has 0 unspecified atom stereocenters. The summed E-state index contributed by atoms with van der Waals surface area (Å²) in [6.45, 7) is 9.06. The minimum atomic E-state index is -0.118. The van der Waals surface area contributed by atoms with E-state index in [-0.39, 0.29) is 11.9 Å². The Kier molecular flexibility index (Phi) is 6.74. The van der Waals surface area contributed by atoms with Crippen molar-refractivity contribution in [3.63, 3.8) is 0 Å². The molecule has 4 heteroatoms. The lowest BCUT2D eigenvalue weighted by Crippen LogP contribution is -2.29. The van der Waals surface area contributed by atoms with Crippen LogP contribution in [-0.2, 0) is 6.54 Å². The van der Waals surface area contributed by atoms with Crippen molar-refractivity contribution in [1.29, 1.82) is 0 Å². The fourth-order valence-electron chi connectivity index (χ4n) is 4.13. The third-order valence-corrected chi connectivity index (χ3v) is 6.00. The highest BCUT2D eigenvalue weighted by Gasteiger charge is 2.25. The Morgan fingerprint density at radius 3 is 2.09 bits per heavy atom. The maximum Gasteiger partial charge on any atom is 0.270 e. The van der Waals surface area contributed by atoms with Crippen LogP contribution in [0.5, 0.6) is 0 Å². The fourth-order valence-corrected chi connectivity index (χ4v) is 4.13. The third-order valence-electron chi connectivity index (χ3n) is 6.00. The minimum Gasteiger partial charge on any atom is -0.344 e. The lowest BCUT2D eigenvalue weighted by Gasteiger charge is -2.17. The summed E-state index contributed by atoms with van der Waals surface area (Å²) in [5.74, 6) is 1.08. The number of nitrogens with one attached hydrogen (secondary N) is 1. The average Bonchev–Trinajstić information content (AvgIpc) is 3.25. The standard InChI is InChI=1S/C29H31N3O/c1-5-32-27(29(33)30-21(4)22-13-8-6-9-14-22)26(25-18-12-17-24(19-25)20(2)3)31-28(32)23-15-10-7-11-16-23/h6-21H,5H2,1-4H3,(H,30,33)/t21-/m1/s1. The van der Waals surface area contributed by atoms with E-state index in [1.165, 1.54) is 5.56 Å². The molecule has 0 bridgehead atoms. The predicted molar refractivity (Wildman–Crippen MR) is 135 cm³/mol. The fraction of sp³-hybridized carbons (Fsp3) is 0.241. The highest BCUT2D eigenvalue weighted by atomic mass is 16.2. The molecule has 33 heavy (non-hydrogen) atoms. The molecule has 4 aromatic rings. The number of hydrogen-bond donors (Lipinski definition) is 1. The van der Waals surface area contributed by atoms with E-state index in [4.69, 9.17) is 4.98 Å². The number of rotatable bonds is 7. The second kappa shape index (κ2) is 9.86. The maximum absolute atomic E-state index is 13.7. The van der Waals surface area contributed by atoms with Gasteiger partial charge in [-0.25, -0.2) is 4.98 Å². The van der Waals surface area contributed by atoms with Crippen molar-refractivity contribution in [2.45, 2.75) is 46.2 Å². The van der Waals surface area contributed by atoms with Crippen molar-refractivity contribution in [3.05, 3.63) is 102 Å². The Morgan fingerprint density at radius 2 is 1.45 bits per heavy atom. The first-order chi connectivity index (χ1) is 16.0. The summed E-state index contributed by atoms with van der Waals surface area (Å²) in [5, 5.41) is 3.20. The van der Waals surface area contributed by atoms with E-state index >= 15 is 0 Å². The number of nitrogens with zero attached hydrogens (tertiary/aromatic N) is 2. The number of hydrogen-bond acceptors (Lipinski definition) is 2. The highest BCUT2D eigenvalue weighted by Crippen LogP contribution is 2.31. The number of aromatic nitrogens is 2. The van der Waals surface area contributed by atoms with Gasteiger partial charge in [0, 0.05) is 17.7 Å². The largest absolute Gasteiger partial charge is 0.344 e. The normalized spacial score (nSPS) is 12.0. The first-order valence-corrected chi connectivity index (χ1v) is 11.6. The molecule has 0 aliphatic heterocycles. The zero-order valence-corrected chi connectivity index (χ0v) is 19.7. The summed E-state index contributed by atoms with van der Waals surface area (Å²) < 4.78 is 2.03. The average molecular weight is 438 g/mol. The molecule has 0 aliphatic carbocycles. The van der Waals surface area contributed by atoms with Gasteiger partial charge in [0.05, 0.1) is 6.04 Å². The van der Waals surface area contributed by atoms with Crippen LogP contribution in [0.15, 0.2) is 84.9 Å².